The van der Waals surface area contributed by atoms with Crippen LogP contribution in [0.3, 0.4) is 0 Å². The van der Waals surface area contributed by atoms with E-state index in [9.17, 15) is 9.90 Å². The van der Waals surface area contributed by atoms with Crippen molar-refractivity contribution in [3.05, 3.63) is 22.9 Å². The molecule has 2 heterocycles. The lowest BCUT2D eigenvalue weighted by atomic mass is 10.2. The summed E-state index contributed by atoms with van der Waals surface area (Å²) in [4.78, 5) is 19.7. The van der Waals surface area contributed by atoms with Gasteiger partial charge in [-0.15, -0.1) is 5.10 Å². The SMILES string of the molecule is Cc1nc(C)c(C(=O)O)c(SCc2nnnn2C2CC2)n1. The van der Waals surface area contributed by atoms with E-state index in [4.69, 9.17) is 0 Å². The molecule has 0 atom stereocenters. The van der Waals surface area contributed by atoms with Gasteiger partial charge in [0.05, 0.1) is 17.5 Å². The van der Waals surface area contributed by atoms with Gasteiger partial charge in [-0.2, -0.15) is 0 Å². The Labute approximate surface area is 125 Å². The fourth-order valence-corrected chi connectivity index (χ4v) is 3.11. The molecule has 1 aliphatic carbocycles. The minimum absolute atomic E-state index is 0.149. The van der Waals surface area contributed by atoms with Crippen molar-refractivity contribution in [2.45, 2.75) is 43.5 Å². The first-order valence-corrected chi connectivity index (χ1v) is 7.53. The topological polar surface area (TPSA) is 107 Å². The Bertz CT molecular complexity index is 697. The van der Waals surface area contributed by atoms with Gasteiger partial charge in [0.25, 0.3) is 0 Å². The Morgan fingerprint density at radius 1 is 1.38 bits per heavy atom. The molecule has 2 aromatic heterocycles. The molecule has 3 rings (SSSR count). The first-order valence-electron chi connectivity index (χ1n) is 6.54. The van der Waals surface area contributed by atoms with E-state index in [-0.39, 0.29) is 5.56 Å². The number of hydrogen-bond acceptors (Lipinski definition) is 7. The molecule has 0 bridgehead atoms. The van der Waals surface area contributed by atoms with Crippen LogP contribution in [0.15, 0.2) is 5.03 Å². The van der Waals surface area contributed by atoms with Gasteiger partial charge in [0, 0.05) is 0 Å². The molecule has 1 N–H and O–H groups in total. The molecule has 8 nitrogen and oxygen atoms in total. The number of carboxylic acid groups (broad SMARTS) is 1. The molecule has 0 amide bonds. The predicted octanol–water partition coefficient (Wildman–Crippen LogP) is 1.41. The molecule has 110 valence electrons. The summed E-state index contributed by atoms with van der Waals surface area (Å²) in [5.74, 6) is 0.769. The van der Waals surface area contributed by atoms with E-state index in [0.717, 1.165) is 18.7 Å². The van der Waals surface area contributed by atoms with E-state index in [1.807, 2.05) is 4.68 Å². The van der Waals surface area contributed by atoms with Crippen LogP contribution in [0.25, 0.3) is 0 Å². The number of nitrogens with zero attached hydrogens (tertiary/aromatic N) is 6. The van der Waals surface area contributed by atoms with Crippen molar-refractivity contribution in [1.29, 1.82) is 0 Å². The summed E-state index contributed by atoms with van der Waals surface area (Å²) in [5, 5.41) is 21.4. The third-order valence-corrected chi connectivity index (χ3v) is 4.15. The third-order valence-electron chi connectivity index (χ3n) is 3.17. The maximum Gasteiger partial charge on any atom is 0.340 e. The Kier molecular flexibility index (Phi) is 3.58. The summed E-state index contributed by atoms with van der Waals surface area (Å²) in [6.45, 7) is 3.42. The molecule has 2 aromatic rings. The Morgan fingerprint density at radius 2 is 2.14 bits per heavy atom. The number of tetrazole rings is 1. The lowest BCUT2D eigenvalue weighted by molar-refractivity contribution is 0.0690. The summed E-state index contributed by atoms with van der Waals surface area (Å²) in [5.41, 5.74) is 0.621. The van der Waals surface area contributed by atoms with Gasteiger partial charge < -0.3 is 5.11 Å². The molecular weight excluding hydrogens is 292 g/mol. The monoisotopic (exact) mass is 306 g/mol. The first-order chi connectivity index (χ1) is 10.1. The number of rotatable bonds is 5. The fourth-order valence-electron chi connectivity index (χ4n) is 2.07. The van der Waals surface area contributed by atoms with Crippen LogP contribution in [0.1, 0.15) is 46.6 Å². The second kappa shape index (κ2) is 5.40. The summed E-state index contributed by atoms with van der Waals surface area (Å²) in [6, 6.07) is 0.392. The average molecular weight is 306 g/mol. The highest BCUT2D eigenvalue weighted by Crippen LogP contribution is 2.35. The van der Waals surface area contributed by atoms with Crippen LogP contribution in [-0.2, 0) is 5.75 Å². The summed E-state index contributed by atoms with van der Waals surface area (Å²) in [7, 11) is 0. The van der Waals surface area contributed by atoms with Gasteiger partial charge in [-0.25, -0.2) is 19.4 Å². The third kappa shape index (κ3) is 2.87. The van der Waals surface area contributed by atoms with E-state index in [1.54, 1.807) is 13.8 Å². The summed E-state index contributed by atoms with van der Waals surface area (Å²) < 4.78 is 1.81. The second-order valence-corrected chi connectivity index (χ2v) is 5.87. The maximum atomic E-state index is 11.4. The van der Waals surface area contributed by atoms with Crippen molar-refractivity contribution in [2.24, 2.45) is 0 Å². The van der Waals surface area contributed by atoms with E-state index < -0.39 is 5.97 Å². The molecular formula is C12H14N6O2S. The molecule has 0 aliphatic heterocycles. The smallest absolute Gasteiger partial charge is 0.340 e. The van der Waals surface area contributed by atoms with E-state index in [2.05, 4.69) is 25.5 Å². The second-order valence-electron chi connectivity index (χ2n) is 4.90. The van der Waals surface area contributed by atoms with Gasteiger partial charge in [0.1, 0.15) is 16.4 Å². The van der Waals surface area contributed by atoms with Crippen LogP contribution < -0.4 is 0 Å². The molecule has 0 unspecified atom stereocenters. The maximum absolute atomic E-state index is 11.4. The van der Waals surface area contributed by atoms with Crippen LogP contribution in [0.5, 0.6) is 0 Å². The zero-order valence-electron chi connectivity index (χ0n) is 11.6. The number of carboxylic acids is 1. The van der Waals surface area contributed by atoms with Gasteiger partial charge >= 0.3 is 5.97 Å². The first kappa shape index (κ1) is 13.9. The highest BCUT2D eigenvalue weighted by Gasteiger charge is 2.28. The molecule has 0 saturated heterocycles. The average Bonchev–Trinajstić information content (AvgIpc) is 3.14. The Hall–Kier alpha value is -2.03. The Morgan fingerprint density at radius 3 is 2.81 bits per heavy atom. The minimum atomic E-state index is -1.02. The van der Waals surface area contributed by atoms with Gasteiger partial charge in [0.15, 0.2) is 5.82 Å². The lowest BCUT2D eigenvalue weighted by Crippen LogP contribution is -2.09. The van der Waals surface area contributed by atoms with Crippen LogP contribution in [0.4, 0.5) is 0 Å². The molecule has 1 aliphatic rings. The van der Waals surface area contributed by atoms with Gasteiger partial charge in [0.2, 0.25) is 0 Å². The number of thioether (sulfide) groups is 1. The van der Waals surface area contributed by atoms with Crippen molar-refractivity contribution in [3.8, 4) is 0 Å². The standard InChI is InChI=1S/C12H14N6O2S/c1-6-10(12(19)20)11(14-7(2)13-6)21-5-9-15-16-17-18(9)8-3-4-8/h8H,3-5H2,1-2H3,(H,19,20). The summed E-state index contributed by atoms with van der Waals surface area (Å²) >= 11 is 1.33. The normalized spacial score (nSPS) is 14.4. The van der Waals surface area contributed by atoms with Crippen LogP contribution >= 0.6 is 11.8 Å². The summed E-state index contributed by atoms with van der Waals surface area (Å²) in [6.07, 6.45) is 2.18. The quantitative estimate of drug-likeness (QED) is 0.652. The molecule has 1 saturated carbocycles. The number of carbonyl (C=O) groups is 1. The molecule has 0 aromatic carbocycles. The number of hydrogen-bond donors (Lipinski definition) is 1. The molecule has 0 radical (unpaired) electrons. The zero-order valence-corrected chi connectivity index (χ0v) is 12.5. The fraction of sp³-hybridized carbons (Fsp3) is 0.500. The molecule has 0 spiro atoms. The van der Waals surface area contributed by atoms with E-state index in [1.165, 1.54) is 11.8 Å². The number of aromatic nitrogens is 6. The van der Waals surface area contributed by atoms with Gasteiger partial charge in [-0.05, 0) is 37.1 Å². The molecule has 1 fully saturated rings. The molecule has 9 heteroatoms. The Balaban J connectivity index is 1.84. The molecule has 21 heavy (non-hydrogen) atoms. The van der Waals surface area contributed by atoms with Gasteiger partial charge in [-0.1, -0.05) is 11.8 Å². The largest absolute Gasteiger partial charge is 0.478 e. The van der Waals surface area contributed by atoms with Crippen LogP contribution in [0.2, 0.25) is 0 Å². The highest BCUT2D eigenvalue weighted by molar-refractivity contribution is 7.98. The van der Waals surface area contributed by atoms with E-state index in [0.29, 0.717) is 28.3 Å². The highest BCUT2D eigenvalue weighted by atomic mass is 32.2. The van der Waals surface area contributed by atoms with Crippen LogP contribution in [0, 0.1) is 13.8 Å². The lowest BCUT2D eigenvalue weighted by Gasteiger charge is -2.08. The van der Waals surface area contributed by atoms with Crippen molar-refractivity contribution in [3.63, 3.8) is 0 Å². The predicted molar refractivity (Wildman–Crippen MR) is 74.1 cm³/mol. The van der Waals surface area contributed by atoms with Crippen molar-refractivity contribution < 1.29 is 9.90 Å². The van der Waals surface area contributed by atoms with E-state index >= 15 is 0 Å². The van der Waals surface area contributed by atoms with Crippen molar-refractivity contribution >= 4 is 17.7 Å². The van der Waals surface area contributed by atoms with Crippen molar-refractivity contribution in [1.82, 2.24) is 30.2 Å². The van der Waals surface area contributed by atoms with Gasteiger partial charge in [-0.3, -0.25) is 0 Å². The zero-order chi connectivity index (χ0) is 15.0. The number of aromatic carboxylic acids is 1. The number of aryl methyl sites for hydroxylation is 2. The van der Waals surface area contributed by atoms with Crippen molar-refractivity contribution in [2.75, 3.05) is 0 Å². The minimum Gasteiger partial charge on any atom is -0.478 e. The van der Waals surface area contributed by atoms with Crippen LogP contribution in [-0.4, -0.2) is 41.3 Å².